The minimum absolute atomic E-state index is 0.0922. The molecule has 1 unspecified atom stereocenters. The van der Waals surface area contributed by atoms with Crippen LogP contribution in [-0.2, 0) is 18.4 Å². The number of phosphoric ester groups is 1. The predicted octanol–water partition coefficient (Wildman–Crippen LogP) is 5.05. The molecule has 0 spiro atoms. The second-order valence-electron chi connectivity index (χ2n) is 10.3. The Bertz CT molecular complexity index is 606. The second kappa shape index (κ2) is 16.8. The zero-order valence-electron chi connectivity index (χ0n) is 21.6. The Hall–Kier alpha value is -0.720. The molecule has 1 aliphatic heterocycles. The van der Waals surface area contributed by atoms with Crippen molar-refractivity contribution in [3.05, 3.63) is 12.2 Å². The van der Waals surface area contributed by atoms with E-state index >= 15 is 0 Å². The number of rotatable bonds is 19. The van der Waals surface area contributed by atoms with E-state index in [9.17, 15) is 14.3 Å². The van der Waals surface area contributed by atoms with Crippen LogP contribution in [0.15, 0.2) is 12.2 Å². The Balaban J connectivity index is 2.06. The van der Waals surface area contributed by atoms with Gasteiger partial charge in [-0.1, -0.05) is 57.6 Å². The Morgan fingerprint density at radius 3 is 2.27 bits per heavy atom. The van der Waals surface area contributed by atoms with Crippen molar-refractivity contribution in [1.82, 2.24) is 4.90 Å². The van der Waals surface area contributed by atoms with Gasteiger partial charge in [-0.15, -0.1) is 0 Å². The maximum absolute atomic E-state index is 12.4. The maximum atomic E-state index is 12.4. The lowest BCUT2D eigenvalue weighted by Crippen LogP contribution is -2.37. The highest BCUT2D eigenvalue weighted by atomic mass is 31.2. The Labute approximate surface area is 202 Å². The summed E-state index contributed by atoms with van der Waals surface area (Å²) < 4.78 is 22.8. The summed E-state index contributed by atoms with van der Waals surface area (Å²) in [4.78, 5) is 26.2. The summed E-state index contributed by atoms with van der Waals surface area (Å²) in [7, 11) is 1.56. The highest BCUT2D eigenvalue weighted by Crippen LogP contribution is 2.41. The average molecular weight is 489 g/mol. The molecule has 0 aromatic heterocycles. The number of amides is 1. The number of nitrogens with zero attached hydrogens (tertiary/aromatic N) is 2. The van der Waals surface area contributed by atoms with Crippen LogP contribution in [0.3, 0.4) is 0 Å². The van der Waals surface area contributed by atoms with Crippen LogP contribution in [-0.4, -0.2) is 68.8 Å². The Morgan fingerprint density at radius 2 is 1.64 bits per heavy atom. The summed E-state index contributed by atoms with van der Waals surface area (Å²) >= 11 is 0. The van der Waals surface area contributed by atoms with Crippen molar-refractivity contribution in [1.29, 1.82) is 0 Å². The molecular weight excluding hydrogens is 439 g/mol. The third kappa shape index (κ3) is 16.5. The van der Waals surface area contributed by atoms with Gasteiger partial charge in [0, 0.05) is 19.5 Å². The molecule has 1 heterocycles. The van der Waals surface area contributed by atoms with Gasteiger partial charge < -0.3 is 23.3 Å². The molecule has 0 bridgehead atoms. The fourth-order valence-corrected chi connectivity index (χ4v) is 4.74. The highest BCUT2D eigenvalue weighted by molar-refractivity contribution is 7.45. The van der Waals surface area contributed by atoms with E-state index in [4.69, 9.17) is 9.05 Å². The summed E-state index contributed by atoms with van der Waals surface area (Å²) in [5.41, 5.74) is 0. The number of hydrogen-bond donors (Lipinski definition) is 0. The molecule has 8 heteroatoms. The van der Waals surface area contributed by atoms with Crippen molar-refractivity contribution in [3.63, 3.8) is 0 Å². The number of hydrogen-bond acceptors (Lipinski definition) is 5. The second-order valence-corrected chi connectivity index (χ2v) is 11.6. The fraction of sp³-hybridized carbons (Fsp3) is 0.880. The number of allylic oxidation sites excluding steroid dienone is 2. The summed E-state index contributed by atoms with van der Waals surface area (Å²) in [5.74, 6) is 0.0961. The van der Waals surface area contributed by atoms with E-state index in [-0.39, 0.29) is 12.5 Å². The van der Waals surface area contributed by atoms with E-state index in [1.54, 1.807) is 4.90 Å². The van der Waals surface area contributed by atoms with E-state index in [0.29, 0.717) is 37.0 Å². The average Bonchev–Trinajstić information content (AvgIpc) is 3.18. The molecular formula is C25H49N2O5P. The van der Waals surface area contributed by atoms with E-state index in [1.807, 2.05) is 21.1 Å². The van der Waals surface area contributed by atoms with Crippen molar-refractivity contribution in [2.75, 3.05) is 47.4 Å². The molecule has 0 aromatic rings. The molecule has 0 aromatic carbocycles. The number of likely N-dealkylation sites (N-methyl/N-ethyl adjacent to an activating group) is 1. The van der Waals surface area contributed by atoms with Crippen LogP contribution in [0.1, 0.15) is 90.4 Å². The monoisotopic (exact) mass is 488 g/mol. The molecule has 1 rings (SSSR count). The topological polar surface area (TPSA) is 78.9 Å². The van der Waals surface area contributed by atoms with E-state index in [0.717, 1.165) is 25.7 Å². The lowest BCUT2D eigenvalue weighted by molar-refractivity contribution is -0.870. The summed E-state index contributed by atoms with van der Waals surface area (Å²) in [6, 6.07) is 0. The number of likely N-dealkylation sites (tertiary alicyclic amines) is 1. The first-order valence-electron chi connectivity index (χ1n) is 13.0. The van der Waals surface area contributed by atoms with Crippen LogP contribution in [0.25, 0.3) is 0 Å². The van der Waals surface area contributed by atoms with Gasteiger partial charge in [0.05, 0.1) is 27.2 Å². The van der Waals surface area contributed by atoms with Gasteiger partial charge in [-0.3, -0.25) is 9.36 Å². The lowest BCUT2D eigenvalue weighted by Gasteiger charge is -2.29. The number of phosphoric acid groups is 1. The SMILES string of the molecule is CCCCCC/C=C\CCCCCCCC(=O)N1CC[C@H](OP(=O)([O-])OCC[N+](C)(C)C)C1. The first kappa shape index (κ1) is 30.3. The van der Waals surface area contributed by atoms with E-state index in [2.05, 4.69) is 19.1 Å². The van der Waals surface area contributed by atoms with Crippen molar-refractivity contribution in [3.8, 4) is 0 Å². The molecule has 1 amide bonds. The van der Waals surface area contributed by atoms with Gasteiger partial charge >= 0.3 is 0 Å². The van der Waals surface area contributed by atoms with Crippen molar-refractivity contribution < 1.29 is 27.8 Å². The highest BCUT2D eigenvalue weighted by Gasteiger charge is 2.29. The molecule has 1 fully saturated rings. The molecule has 194 valence electrons. The minimum Gasteiger partial charge on any atom is -0.756 e. The standard InChI is InChI=1S/C25H49N2O5P/c1-5-6-7-8-9-10-11-12-13-14-15-16-17-18-25(28)26-20-19-24(23-26)32-33(29,30)31-22-21-27(2,3)4/h10-11,24H,5-9,12-23H2,1-4H3/b11-10-/t24-/m0/s1. The zero-order valence-corrected chi connectivity index (χ0v) is 22.5. The summed E-state index contributed by atoms with van der Waals surface area (Å²) in [6.07, 6.45) is 18.4. The lowest BCUT2D eigenvalue weighted by atomic mass is 10.1. The molecule has 1 saturated heterocycles. The molecule has 1 aliphatic rings. The minimum atomic E-state index is -4.34. The molecule has 33 heavy (non-hydrogen) atoms. The molecule has 2 atom stereocenters. The van der Waals surface area contributed by atoms with E-state index < -0.39 is 13.9 Å². The van der Waals surface area contributed by atoms with Crippen LogP contribution in [0.5, 0.6) is 0 Å². The van der Waals surface area contributed by atoms with Gasteiger partial charge in [0.15, 0.2) is 0 Å². The van der Waals surface area contributed by atoms with Crippen LogP contribution >= 0.6 is 7.82 Å². The van der Waals surface area contributed by atoms with E-state index in [1.165, 1.54) is 44.9 Å². The van der Waals surface area contributed by atoms with Crippen molar-refractivity contribution >= 4 is 13.7 Å². The normalized spacial score (nSPS) is 18.8. The third-order valence-corrected chi connectivity index (χ3v) is 6.99. The summed E-state index contributed by atoms with van der Waals surface area (Å²) in [5, 5.41) is 0. The van der Waals surface area contributed by atoms with Gasteiger partial charge in [0.2, 0.25) is 5.91 Å². The van der Waals surface area contributed by atoms with Crippen LogP contribution < -0.4 is 4.89 Å². The number of carbonyl (C=O) groups is 1. The quantitative estimate of drug-likeness (QED) is 0.110. The van der Waals surface area contributed by atoms with Gasteiger partial charge in [0.25, 0.3) is 7.82 Å². The first-order valence-corrected chi connectivity index (χ1v) is 14.5. The largest absolute Gasteiger partial charge is 0.756 e. The number of carbonyl (C=O) groups excluding carboxylic acids is 1. The van der Waals surface area contributed by atoms with Gasteiger partial charge in [-0.2, -0.15) is 0 Å². The zero-order chi connectivity index (χ0) is 24.6. The summed E-state index contributed by atoms with van der Waals surface area (Å²) in [6.45, 7) is 3.78. The fourth-order valence-electron chi connectivity index (χ4n) is 3.83. The third-order valence-electron chi connectivity index (χ3n) is 5.94. The van der Waals surface area contributed by atoms with Gasteiger partial charge in [-0.25, -0.2) is 0 Å². The number of quaternary nitrogens is 1. The predicted molar refractivity (Wildman–Crippen MR) is 133 cm³/mol. The van der Waals surface area contributed by atoms with Crippen LogP contribution in [0.4, 0.5) is 0 Å². The number of unbranched alkanes of at least 4 members (excludes halogenated alkanes) is 9. The maximum Gasteiger partial charge on any atom is 0.268 e. The van der Waals surface area contributed by atoms with Gasteiger partial charge in [-0.05, 0) is 38.5 Å². The van der Waals surface area contributed by atoms with Crippen LogP contribution in [0.2, 0.25) is 0 Å². The molecule has 0 N–H and O–H groups in total. The molecule has 0 saturated carbocycles. The Kier molecular flexibility index (Phi) is 15.5. The molecule has 0 radical (unpaired) electrons. The van der Waals surface area contributed by atoms with Crippen molar-refractivity contribution in [2.45, 2.75) is 96.5 Å². The molecule has 0 aliphatic carbocycles. The van der Waals surface area contributed by atoms with Gasteiger partial charge in [0.1, 0.15) is 13.2 Å². The smallest absolute Gasteiger partial charge is 0.268 e. The van der Waals surface area contributed by atoms with Crippen molar-refractivity contribution in [2.24, 2.45) is 0 Å². The molecule has 7 nitrogen and oxygen atoms in total. The first-order chi connectivity index (χ1) is 15.6. The van der Waals surface area contributed by atoms with Crippen LogP contribution in [0, 0.1) is 0 Å². The Morgan fingerprint density at radius 1 is 1.03 bits per heavy atom.